The molecule has 2 N–H and O–H groups in total. The number of hydrogen-bond donors (Lipinski definition) is 2. The Morgan fingerprint density at radius 2 is 1.88 bits per heavy atom. The van der Waals surface area contributed by atoms with E-state index in [-0.39, 0.29) is 16.8 Å². The van der Waals surface area contributed by atoms with Gasteiger partial charge in [-0.3, -0.25) is 4.79 Å². The molecule has 3 rings (SSSR count). The number of fused-ring (bicyclic) bond motifs is 2. The van der Waals surface area contributed by atoms with E-state index in [0.717, 1.165) is 11.8 Å². The molecule has 1 aromatic rings. The summed E-state index contributed by atoms with van der Waals surface area (Å²) in [6.07, 6.45) is 5.68. The van der Waals surface area contributed by atoms with Crippen LogP contribution in [0.25, 0.3) is 0 Å². The Labute approximate surface area is 144 Å². The molecule has 2 fully saturated rings. The highest BCUT2D eigenvalue weighted by Crippen LogP contribution is 2.49. The zero-order valence-corrected chi connectivity index (χ0v) is 15.1. The number of sulfonamides is 1. The topological polar surface area (TPSA) is 75.3 Å². The summed E-state index contributed by atoms with van der Waals surface area (Å²) in [5, 5.41) is 2.89. The summed E-state index contributed by atoms with van der Waals surface area (Å²) < 4.78 is 26.7. The zero-order chi connectivity index (χ0) is 17.3. The monoisotopic (exact) mass is 350 g/mol. The molecule has 0 unspecified atom stereocenters. The molecule has 0 radical (unpaired) electrons. The minimum absolute atomic E-state index is 0.0310. The molecule has 2 aliphatic carbocycles. The van der Waals surface area contributed by atoms with Crippen LogP contribution in [0, 0.1) is 17.8 Å². The van der Waals surface area contributed by atoms with Crippen LogP contribution in [0.5, 0.6) is 0 Å². The Hall–Kier alpha value is -1.40. The van der Waals surface area contributed by atoms with Crippen LogP contribution in [0.15, 0.2) is 29.2 Å². The van der Waals surface area contributed by atoms with Crippen molar-refractivity contribution in [3.8, 4) is 0 Å². The van der Waals surface area contributed by atoms with Crippen molar-refractivity contribution in [1.82, 2.24) is 4.72 Å². The molecular weight excluding hydrogens is 324 g/mol. The van der Waals surface area contributed by atoms with E-state index >= 15 is 0 Å². The van der Waals surface area contributed by atoms with Crippen LogP contribution in [0.2, 0.25) is 0 Å². The molecule has 2 saturated carbocycles. The van der Waals surface area contributed by atoms with Crippen LogP contribution >= 0.6 is 0 Å². The van der Waals surface area contributed by atoms with E-state index in [9.17, 15) is 13.2 Å². The Morgan fingerprint density at radius 1 is 1.17 bits per heavy atom. The molecule has 0 aromatic heterocycles. The maximum atomic E-state index is 12.2. The number of anilines is 1. The second-order valence-corrected chi connectivity index (χ2v) is 9.20. The molecule has 0 spiro atoms. The first-order valence-corrected chi connectivity index (χ1v) is 10.2. The quantitative estimate of drug-likeness (QED) is 0.827. The Kier molecular flexibility index (Phi) is 4.97. The predicted molar refractivity (Wildman–Crippen MR) is 94.1 cm³/mol. The second-order valence-electron chi connectivity index (χ2n) is 7.49. The van der Waals surface area contributed by atoms with Crippen LogP contribution in [0.1, 0.15) is 46.0 Å². The molecule has 0 saturated heterocycles. The largest absolute Gasteiger partial charge is 0.326 e. The van der Waals surface area contributed by atoms with Gasteiger partial charge in [0.05, 0.1) is 4.90 Å². The molecule has 24 heavy (non-hydrogen) atoms. The fourth-order valence-corrected chi connectivity index (χ4v) is 5.42. The highest BCUT2D eigenvalue weighted by atomic mass is 32.2. The van der Waals surface area contributed by atoms with Gasteiger partial charge in [-0.1, -0.05) is 6.42 Å². The normalized spacial score (nSPS) is 26.0. The minimum Gasteiger partial charge on any atom is -0.326 e. The van der Waals surface area contributed by atoms with Gasteiger partial charge in [0.1, 0.15) is 0 Å². The van der Waals surface area contributed by atoms with Crippen molar-refractivity contribution in [2.45, 2.75) is 56.9 Å². The van der Waals surface area contributed by atoms with Crippen LogP contribution in [-0.4, -0.2) is 20.4 Å². The lowest BCUT2D eigenvalue weighted by Gasteiger charge is -2.20. The maximum Gasteiger partial charge on any atom is 0.240 e. The average Bonchev–Trinajstić information content (AvgIpc) is 3.09. The Balaban J connectivity index is 1.57. The number of nitrogens with one attached hydrogen (secondary N) is 2. The van der Waals surface area contributed by atoms with Crippen LogP contribution < -0.4 is 10.0 Å². The SMILES string of the molecule is CC(C)NS(=O)(=O)c1ccc(NC(=O)C[C@H]2C[C@@H]3CC[C@@H]2C3)cc1. The molecule has 3 atom stereocenters. The first-order chi connectivity index (χ1) is 11.3. The van der Waals surface area contributed by atoms with E-state index in [0.29, 0.717) is 18.0 Å². The molecule has 2 bridgehead atoms. The van der Waals surface area contributed by atoms with Crippen LogP contribution in [0.3, 0.4) is 0 Å². The van der Waals surface area contributed by atoms with Gasteiger partial charge in [-0.25, -0.2) is 13.1 Å². The predicted octanol–water partition coefficient (Wildman–Crippen LogP) is 3.14. The van der Waals surface area contributed by atoms with Crippen molar-refractivity contribution in [2.24, 2.45) is 17.8 Å². The van der Waals surface area contributed by atoms with Crippen molar-refractivity contribution in [1.29, 1.82) is 0 Å². The number of carbonyl (C=O) groups is 1. The van der Waals surface area contributed by atoms with E-state index in [2.05, 4.69) is 10.0 Å². The van der Waals surface area contributed by atoms with Crippen molar-refractivity contribution in [2.75, 3.05) is 5.32 Å². The maximum absolute atomic E-state index is 12.2. The van der Waals surface area contributed by atoms with Crippen molar-refractivity contribution in [3.05, 3.63) is 24.3 Å². The molecule has 2 aliphatic rings. The van der Waals surface area contributed by atoms with E-state index in [1.165, 1.54) is 37.8 Å². The van der Waals surface area contributed by atoms with Gasteiger partial charge >= 0.3 is 0 Å². The van der Waals surface area contributed by atoms with Gasteiger partial charge in [0.15, 0.2) is 0 Å². The summed E-state index contributed by atoms with van der Waals surface area (Å²) in [6.45, 7) is 3.56. The summed E-state index contributed by atoms with van der Waals surface area (Å²) in [5.74, 6) is 2.13. The third-order valence-corrected chi connectivity index (χ3v) is 6.85. The van der Waals surface area contributed by atoms with Crippen molar-refractivity contribution in [3.63, 3.8) is 0 Å². The summed E-state index contributed by atoms with van der Waals surface area (Å²) in [7, 11) is -3.49. The summed E-state index contributed by atoms with van der Waals surface area (Å²) in [6, 6.07) is 6.19. The Morgan fingerprint density at radius 3 is 2.42 bits per heavy atom. The van der Waals surface area contributed by atoms with Gasteiger partial charge in [-0.05, 0) is 75.1 Å². The van der Waals surface area contributed by atoms with Crippen LogP contribution in [0.4, 0.5) is 5.69 Å². The minimum atomic E-state index is -3.49. The van der Waals surface area contributed by atoms with Crippen molar-refractivity contribution < 1.29 is 13.2 Å². The molecule has 6 heteroatoms. The first kappa shape index (κ1) is 17.4. The highest BCUT2D eigenvalue weighted by molar-refractivity contribution is 7.89. The molecule has 0 heterocycles. The summed E-state index contributed by atoms with van der Waals surface area (Å²) in [4.78, 5) is 12.4. The number of rotatable bonds is 6. The van der Waals surface area contributed by atoms with Gasteiger partial charge in [-0.15, -0.1) is 0 Å². The first-order valence-electron chi connectivity index (χ1n) is 8.76. The fraction of sp³-hybridized carbons (Fsp3) is 0.611. The molecule has 1 aromatic carbocycles. The number of hydrogen-bond acceptors (Lipinski definition) is 3. The molecule has 5 nitrogen and oxygen atoms in total. The Bertz CT molecular complexity index is 697. The van der Waals surface area contributed by atoms with Gasteiger partial charge in [0.25, 0.3) is 0 Å². The number of amides is 1. The summed E-state index contributed by atoms with van der Waals surface area (Å²) >= 11 is 0. The van der Waals surface area contributed by atoms with Gasteiger partial charge in [0, 0.05) is 18.2 Å². The van der Waals surface area contributed by atoms with Crippen molar-refractivity contribution >= 4 is 21.6 Å². The lowest BCUT2D eigenvalue weighted by atomic mass is 9.86. The molecule has 132 valence electrons. The zero-order valence-electron chi connectivity index (χ0n) is 14.3. The highest BCUT2D eigenvalue weighted by Gasteiger charge is 2.40. The fourth-order valence-electron chi connectivity index (χ4n) is 4.17. The smallest absolute Gasteiger partial charge is 0.240 e. The second kappa shape index (κ2) is 6.84. The number of benzene rings is 1. The van der Waals surface area contributed by atoms with E-state index in [4.69, 9.17) is 0 Å². The van der Waals surface area contributed by atoms with E-state index in [1.807, 2.05) is 0 Å². The molecule has 0 aliphatic heterocycles. The standard InChI is InChI=1S/C18H26N2O3S/c1-12(2)20-24(22,23)17-7-5-16(6-8-17)19-18(21)11-15-10-13-3-4-14(15)9-13/h5-8,12-15,20H,3-4,9-11H2,1-2H3,(H,19,21)/t13-,14-,15-/m1/s1. The third-order valence-electron chi connectivity index (χ3n) is 5.17. The van der Waals surface area contributed by atoms with Gasteiger partial charge in [0.2, 0.25) is 15.9 Å². The molecular formula is C18H26N2O3S. The molecule has 1 amide bonds. The summed E-state index contributed by atoms with van der Waals surface area (Å²) in [5.41, 5.74) is 0.645. The number of carbonyl (C=O) groups excluding carboxylic acids is 1. The lowest BCUT2D eigenvalue weighted by molar-refractivity contribution is -0.117. The van der Waals surface area contributed by atoms with Crippen LogP contribution in [-0.2, 0) is 14.8 Å². The van der Waals surface area contributed by atoms with Gasteiger partial charge < -0.3 is 5.32 Å². The van der Waals surface area contributed by atoms with E-state index in [1.54, 1.807) is 26.0 Å². The lowest BCUT2D eigenvalue weighted by Crippen LogP contribution is -2.30. The average molecular weight is 350 g/mol. The van der Waals surface area contributed by atoms with E-state index < -0.39 is 10.0 Å². The third kappa shape index (κ3) is 3.98. The van der Waals surface area contributed by atoms with Gasteiger partial charge in [-0.2, -0.15) is 0 Å².